The number of carbonyl (C=O) groups excluding carboxylic acids is 1. The number of carbonyl (C=O) groups is 1. The van der Waals surface area contributed by atoms with Crippen molar-refractivity contribution in [3.05, 3.63) is 187 Å². The number of aromatic nitrogens is 2. The van der Waals surface area contributed by atoms with Crippen LogP contribution in [0, 0.1) is 126 Å². The van der Waals surface area contributed by atoms with Gasteiger partial charge in [0, 0.05) is 10.5 Å². The molecule has 336 valence electrons. The van der Waals surface area contributed by atoms with Crippen LogP contribution in [0.5, 0.6) is 0 Å². The van der Waals surface area contributed by atoms with Gasteiger partial charge in [-0.15, -0.1) is 21.9 Å². The molecule has 0 radical (unpaired) electrons. The molecule has 27 heteroatoms. The normalized spacial score (nSPS) is 11.4. The summed E-state index contributed by atoms with van der Waals surface area (Å²) in [6.07, 6.45) is -2.63. The smallest absolute Gasteiger partial charge is 0.251 e. The Labute approximate surface area is 340 Å². The Hall–Kier alpha value is -7.09. The van der Waals surface area contributed by atoms with Crippen molar-refractivity contribution < 1.29 is 102 Å². The van der Waals surface area contributed by atoms with E-state index >= 15 is 35.1 Å². The number of hydrogen-bond acceptors (Lipinski definition) is 4. The second-order valence-corrected chi connectivity index (χ2v) is 12.8. The Balaban J connectivity index is 0.000000337. The van der Waals surface area contributed by atoms with E-state index in [1.165, 1.54) is 12.4 Å². The first-order chi connectivity index (χ1) is 29.8. The summed E-state index contributed by atoms with van der Waals surface area (Å²) in [5.41, 5.74) is -13.4. The highest BCUT2D eigenvalue weighted by Crippen LogP contribution is 2.30. The zero-order chi connectivity index (χ0) is 48.0. The zero-order valence-electron chi connectivity index (χ0n) is 30.2. The van der Waals surface area contributed by atoms with Gasteiger partial charge < -0.3 is 0 Å². The van der Waals surface area contributed by atoms with E-state index in [9.17, 15) is 67.6 Å². The Morgan fingerprint density at radius 2 is 0.766 bits per heavy atom. The third-order valence-corrected chi connectivity index (χ3v) is 9.23. The molecule has 0 N–H and O–H groups in total. The Bertz CT molecular complexity index is 2520. The predicted molar refractivity (Wildman–Crippen MR) is 175 cm³/mol. The summed E-state index contributed by atoms with van der Waals surface area (Å²) in [5.74, 6) is -71.5. The lowest BCUT2D eigenvalue weighted by Gasteiger charge is -2.44. The molecule has 5 aromatic carbocycles. The SMILES string of the molecule is Fc1c(F)c(F)c([B-](c2c(F)c(F)c(F)c(F)c2F)(c2c(F)c(F)c(F)c(F)c2F)c2c(F)c(F)c(F)c(F)c2F)c(F)c1F.O=C(C[n+]1ccnc(C[N+](=O)[O-])c1)c1ccccc1. The third kappa shape index (κ3) is 7.82. The topological polar surface area (TPSA) is 77.0 Å². The van der Waals surface area contributed by atoms with Gasteiger partial charge in [-0.25, -0.2) is 92.8 Å². The van der Waals surface area contributed by atoms with Crippen LogP contribution in [0.3, 0.4) is 0 Å². The molecule has 0 aliphatic rings. The first kappa shape index (κ1) is 48.0. The molecule has 0 aliphatic carbocycles. The fraction of sp³-hybridized carbons (Fsp3) is 0.0541. The van der Waals surface area contributed by atoms with Gasteiger partial charge in [-0.2, -0.15) is 4.57 Å². The second kappa shape index (κ2) is 18.0. The van der Waals surface area contributed by atoms with Gasteiger partial charge in [0.15, 0.2) is 87.9 Å². The minimum Gasteiger partial charge on any atom is -0.287 e. The molecule has 0 bridgehead atoms. The van der Waals surface area contributed by atoms with Crippen molar-refractivity contribution in [3.8, 4) is 0 Å². The van der Waals surface area contributed by atoms with Crippen LogP contribution in [0.1, 0.15) is 16.1 Å². The summed E-state index contributed by atoms with van der Waals surface area (Å²) in [7, 11) is 0. The Morgan fingerprint density at radius 3 is 1.05 bits per heavy atom. The van der Waals surface area contributed by atoms with Crippen molar-refractivity contribution in [1.29, 1.82) is 0 Å². The first-order valence-corrected chi connectivity index (χ1v) is 16.6. The van der Waals surface area contributed by atoms with Gasteiger partial charge in [-0.3, -0.25) is 14.9 Å². The van der Waals surface area contributed by atoms with Crippen LogP contribution >= 0.6 is 0 Å². The molecule has 6 nitrogen and oxygen atoms in total. The van der Waals surface area contributed by atoms with Gasteiger partial charge >= 0.3 is 0 Å². The van der Waals surface area contributed by atoms with Crippen LogP contribution in [0.15, 0.2) is 48.9 Å². The van der Waals surface area contributed by atoms with Crippen LogP contribution in [0.4, 0.5) is 87.8 Å². The molecule has 0 atom stereocenters. The number of nitro groups is 1. The fourth-order valence-electron chi connectivity index (χ4n) is 6.55. The first-order valence-electron chi connectivity index (χ1n) is 16.6. The average Bonchev–Trinajstić information content (AvgIpc) is 3.26. The summed E-state index contributed by atoms with van der Waals surface area (Å²) in [6.45, 7) is -0.211. The minimum atomic E-state index is -7.22. The molecule has 64 heavy (non-hydrogen) atoms. The predicted octanol–water partition coefficient (Wildman–Crippen LogP) is 6.87. The molecule has 0 spiro atoms. The van der Waals surface area contributed by atoms with Crippen molar-refractivity contribution >= 4 is 33.8 Å². The van der Waals surface area contributed by atoms with Crippen LogP contribution in [-0.2, 0) is 13.1 Å². The summed E-state index contributed by atoms with van der Waals surface area (Å²) >= 11 is 0. The van der Waals surface area contributed by atoms with Crippen molar-refractivity contribution in [1.82, 2.24) is 4.98 Å². The Kier molecular flexibility index (Phi) is 13.5. The highest BCUT2D eigenvalue weighted by molar-refractivity contribution is 7.20. The molecule has 0 saturated carbocycles. The molecule has 1 aromatic heterocycles. The lowest BCUT2D eigenvalue weighted by atomic mass is 9.12. The molecule has 0 amide bonds. The van der Waals surface area contributed by atoms with E-state index in [4.69, 9.17) is 0 Å². The minimum absolute atomic E-state index is 0.0520. The molecule has 6 aromatic rings. The summed E-state index contributed by atoms with van der Waals surface area (Å²) in [4.78, 5) is 25.8. The molecule has 1 heterocycles. The average molecular weight is 937 g/mol. The number of benzene rings is 5. The van der Waals surface area contributed by atoms with Gasteiger partial charge in [0.2, 0.25) is 12.3 Å². The molecule has 6 rings (SSSR count). The number of halogens is 20. The van der Waals surface area contributed by atoms with Gasteiger partial charge in [-0.05, 0) is 0 Å². The molecule has 0 aliphatic heterocycles. The van der Waals surface area contributed by atoms with Crippen molar-refractivity contribution in [2.24, 2.45) is 0 Å². The summed E-state index contributed by atoms with van der Waals surface area (Å²) < 4.78 is 296. The number of rotatable bonds is 9. The number of ketones is 1. The van der Waals surface area contributed by atoms with Crippen molar-refractivity contribution in [2.75, 3.05) is 0 Å². The van der Waals surface area contributed by atoms with Crippen molar-refractivity contribution in [3.63, 3.8) is 0 Å². The summed E-state index contributed by atoms with van der Waals surface area (Å²) in [6, 6.07) is 8.90. The van der Waals surface area contributed by atoms with E-state index in [1.807, 2.05) is 6.07 Å². The van der Waals surface area contributed by atoms with E-state index < -0.39 is 149 Å². The van der Waals surface area contributed by atoms with E-state index in [0.29, 0.717) is 11.3 Å². The quantitative estimate of drug-likeness (QED) is 0.0232. The fourth-order valence-corrected chi connectivity index (χ4v) is 6.55. The maximum Gasteiger partial charge on any atom is 0.251 e. The van der Waals surface area contributed by atoms with E-state index in [-0.39, 0.29) is 18.9 Å². The van der Waals surface area contributed by atoms with E-state index in [1.54, 1.807) is 35.0 Å². The van der Waals surface area contributed by atoms with Gasteiger partial charge in [-0.1, -0.05) is 30.3 Å². The monoisotopic (exact) mass is 937 g/mol. The number of nitrogens with zero attached hydrogens (tertiary/aromatic N) is 3. The second-order valence-electron chi connectivity index (χ2n) is 12.8. The van der Waals surface area contributed by atoms with Gasteiger partial charge in [0.25, 0.3) is 6.54 Å². The zero-order valence-corrected chi connectivity index (χ0v) is 30.2. The maximum absolute atomic E-state index is 15.4. The molecular weight excluding hydrogens is 925 g/mol. The Morgan fingerprint density at radius 1 is 0.484 bits per heavy atom. The largest absolute Gasteiger partial charge is 0.287 e. The maximum atomic E-state index is 15.4. The van der Waals surface area contributed by atoms with E-state index in [2.05, 4.69) is 4.98 Å². The van der Waals surface area contributed by atoms with Crippen LogP contribution in [0.25, 0.3) is 0 Å². The van der Waals surface area contributed by atoms with Crippen LogP contribution < -0.4 is 26.4 Å². The highest BCUT2D eigenvalue weighted by atomic mass is 19.2. The number of hydrogen-bond donors (Lipinski definition) is 0. The highest BCUT2D eigenvalue weighted by Gasteiger charge is 2.52. The lowest BCUT2D eigenvalue weighted by molar-refractivity contribution is -0.684. The lowest BCUT2D eigenvalue weighted by Crippen LogP contribution is -2.81. The van der Waals surface area contributed by atoms with Gasteiger partial charge in [0.05, 0.1) is 6.20 Å². The molecule has 0 unspecified atom stereocenters. The standard InChI is InChI=1S/C24BF20.C13H12N3O3/c26-5-1(6(27)14(35)21(42)13(5)34)25(2-7(28)15(36)22(43)16(37)8(2)29,3-9(30)17(38)23(44)18(39)10(3)31)4-11(32)19(40)24(45)20(41)12(4)33;17-13(11-4-2-1-3-5-11)10-15-7-6-14-12(8-15)9-16(18)19/h;1-8H,9-10H2/q-1;+1. The van der Waals surface area contributed by atoms with Gasteiger partial charge in [0.1, 0.15) is 52.7 Å². The van der Waals surface area contributed by atoms with Crippen LogP contribution in [0.2, 0.25) is 0 Å². The molecule has 0 saturated heterocycles. The third-order valence-electron chi connectivity index (χ3n) is 9.23. The summed E-state index contributed by atoms with van der Waals surface area (Å²) in [5, 5.41) is 10.4. The van der Waals surface area contributed by atoms with Crippen LogP contribution in [-0.4, -0.2) is 21.8 Å². The number of Topliss-reactive ketones (excluding diaryl/α,β-unsaturated/α-hetero) is 1. The van der Waals surface area contributed by atoms with E-state index in [0.717, 1.165) is 0 Å². The molecule has 0 fully saturated rings. The molecular formula is C37H12BF20N3O3. The van der Waals surface area contributed by atoms with Crippen molar-refractivity contribution in [2.45, 2.75) is 13.1 Å².